The molecular formula is C27H29N5O4. The van der Waals surface area contributed by atoms with Crippen molar-refractivity contribution in [2.45, 2.75) is 32.4 Å². The Bertz CT molecular complexity index is 1450. The number of rotatable bonds is 10. The fourth-order valence-corrected chi connectivity index (χ4v) is 4.33. The number of ether oxygens (including phenoxy) is 1. The van der Waals surface area contributed by atoms with E-state index in [4.69, 9.17) is 4.74 Å². The molecule has 0 spiro atoms. The third-order valence-electron chi connectivity index (χ3n) is 6.46. The number of aromatic nitrogens is 3. The third-order valence-corrected chi connectivity index (χ3v) is 6.46. The summed E-state index contributed by atoms with van der Waals surface area (Å²) in [7, 11) is 0. The van der Waals surface area contributed by atoms with Crippen LogP contribution in [0.3, 0.4) is 0 Å². The molecule has 0 radical (unpaired) electrons. The molecule has 1 aliphatic rings. The van der Waals surface area contributed by atoms with Crippen LogP contribution < -0.4 is 20.9 Å². The van der Waals surface area contributed by atoms with Crippen molar-refractivity contribution >= 4 is 22.3 Å². The molecule has 1 fully saturated rings. The van der Waals surface area contributed by atoms with Crippen molar-refractivity contribution in [2.75, 3.05) is 19.8 Å². The van der Waals surface area contributed by atoms with Crippen LogP contribution in [0.4, 0.5) is 0 Å². The van der Waals surface area contributed by atoms with Gasteiger partial charge in [0.25, 0.3) is 11.5 Å². The van der Waals surface area contributed by atoms with Crippen LogP contribution in [0.25, 0.3) is 16.4 Å². The summed E-state index contributed by atoms with van der Waals surface area (Å²) in [4.78, 5) is 33.9. The molecule has 0 unspecified atom stereocenters. The molecule has 0 bridgehead atoms. The predicted molar refractivity (Wildman–Crippen MR) is 136 cm³/mol. The number of nitrogens with one attached hydrogen (secondary N) is 2. The van der Waals surface area contributed by atoms with Crippen molar-refractivity contribution in [1.82, 2.24) is 25.0 Å². The average Bonchev–Trinajstić information content (AvgIpc) is 2.87. The van der Waals surface area contributed by atoms with Gasteiger partial charge in [0.1, 0.15) is 17.9 Å². The second kappa shape index (κ2) is 10.8. The van der Waals surface area contributed by atoms with Crippen molar-refractivity contribution in [3.63, 3.8) is 0 Å². The van der Waals surface area contributed by atoms with Gasteiger partial charge in [-0.3, -0.25) is 14.0 Å². The first-order valence-electron chi connectivity index (χ1n) is 12.2. The number of benzene rings is 1. The van der Waals surface area contributed by atoms with E-state index >= 15 is 0 Å². The Balaban J connectivity index is 1.34. The molecule has 4 aromatic rings. The van der Waals surface area contributed by atoms with Gasteiger partial charge < -0.3 is 20.5 Å². The van der Waals surface area contributed by atoms with Gasteiger partial charge in [0.05, 0.1) is 18.8 Å². The maximum atomic E-state index is 12.8. The van der Waals surface area contributed by atoms with Crippen LogP contribution in [-0.4, -0.2) is 45.1 Å². The van der Waals surface area contributed by atoms with Gasteiger partial charge in [-0.25, -0.2) is 9.97 Å². The number of aliphatic hydroxyl groups is 1. The van der Waals surface area contributed by atoms with Crippen molar-refractivity contribution in [3.8, 4) is 5.88 Å². The standard InChI is InChI=1S/C27H29N5O4/c33-10-11-36-27-22-8-7-19(16-28-15-18-4-3-5-18)12-20(22)13-21(30-27)17-29-26(35)23-14-25(34)32-9-2-1-6-24(32)31-23/h1-2,6-9,12-14,18,28,33H,3-5,10-11,15-17H2,(H,29,35). The highest BCUT2D eigenvalue weighted by atomic mass is 16.5. The molecule has 3 heterocycles. The second-order valence-corrected chi connectivity index (χ2v) is 9.07. The summed E-state index contributed by atoms with van der Waals surface area (Å²) in [5.41, 5.74) is 1.87. The Morgan fingerprint density at radius 1 is 1.11 bits per heavy atom. The number of carbonyl (C=O) groups excluding carboxylic acids is 1. The van der Waals surface area contributed by atoms with E-state index in [0.717, 1.165) is 35.3 Å². The first-order valence-corrected chi connectivity index (χ1v) is 12.2. The van der Waals surface area contributed by atoms with Crippen LogP contribution in [0.15, 0.2) is 59.5 Å². The summed E-state index contributed by atoms with van der Waals surface area (Å²) in [6.07, 6.45) is 5.55. The fraction of sp³-hybridized carbons (Fsp3) is 0.333. The highest BCUT2D eigenvalue weighted by molar-refractivity contribution is 5.92. The highest BCUT2D eigenvalue weighted by Gasteiger charge is 2.17. The molecule has 1 aliphatic carbocycles. The summed E-state index contributed by atoms with van der Waals surface area (Å²) < 4.78 is 7.07. The first-order chi connectivity index (χ1) is 17.6. The minimum atomic E-state index is -0.466. The summed E-state index contributed by atoms with van der Waals surface area (Å²) in [5.74, 6) is 0.728. The lowest BCUT2D eigenvalue weighted by atomic mass is 9.85. The Morgan fingerprint density at radius 2 is 2.00 bits per heavy atom. The van der Waals surface area contributed by atoms with Gasteiger partial charge in [0.15, 0.2) is 0 Å². The number of nitrogens with zero attached hydrogens (tertiary/aromatic N) is 3. The largest absolute Gasteiger partial charge is 0.475 e. The summed E-state index contributed by atoms with van der Waals surface area (Å²) in [6, 6.07) is 14.4. The molecule has 36 heavy (non-hydrogen) atoms. The molecule has 0 saturated heterocycles. The maximum absolute atomic E-state index is 12.8. The van der Waals surface area contributed by atoms with Gasteiger partial charge in [0, 0.05) is 24.2 Å². The van der Waals surface area contributed by atoms with E-state index in [9.17, 15) is 14.7 Å². The minimum Gasteiger partial charge on any atom is -0.475 e. The van der Waals surface area contributed by atoms with E-state index in [1.165, 1.54) is 29.7 Å². The van der Waals surface area contributed by atoms with Crippen molar-refractivity contribution in [3.05, 3.63) is 82.0 Å². The molecule has 0 aliphatic heterocycles. The quantitative estimate of drug-likeness (QED) is 0.314. The van der Waals surface area contributed by atoms with Gasteiger partial charge in [-0.1, -0.05) is 18.6 Å². The number of amides is 1. The lowest BCUT2D eigenvalue weighted by Crippen LogP contribution is -2.27. The average molecular weight is 488 g/mol. The summed E-state index contributed by atoms with van der Waals surface area (Å²) >= 11 is 0. The predicted octanol–water partition coefficient (Wildman–Crippen LogP) is 2.43. The van der Waals surface area contributed by atoms with Crippen molar-refractivity contribution < 1.29 is 14.6 Å². The highest BCUT2D eigenvalue weighted by Crippen LogP contribution is 2.27. The zero-order valence-electron chi connectivity index (χ0n) is 19.9. The molecule has 3 N–H and O–H groups in total. The first kappa shape index (κ1) is 23.9. The lowest BCUT2D eigenvalue weighted by molar-refractivity contribution is 0.0945. The van der Waals surface area contributed by atoms with Crippen molar-refractivity contribution in [2.24, 2.45) is 5.92 Å². The summed E-state index contributed by atoms with van der Waals surface area (Å²) in [5, 5.41) is 17.3. The van der Waals surface area contributed by atoms with Crippen LogP contribution in [0.2, 0.25) is 0 Å². The fourth-order valence-electron chi connectivity index (χ4n) is 4.33. The SMILES string of the molecule is O=C(NCc1cc2cc(CNCC3CCC3)ccc2c(OCCO)n1)c1cc(=O)n2ccccc2n1. The number of pyridine rings is 2. The van der Waals surface area contributed by atoms with Crippen LogP contribution in [0.1, 0.15) is 41.0 Å². The number of aliphatic hydroxyl groups excluding tert-OH is 1. The molecular weight excluding hydrogens is 458 g/mol. The van der Waals surface area contributed by atoms with Crippen molar-refractivity contribution in [1.29, 1.82) is 0 Å². The Labute approximate surface area is 208 Å². The smallest absolute Gasteiger partial charge is 0.270 e. The molecule has 1 amide bonds. The molecule has 3 aromatic heterocycles. The van der Waals surface area contributed by atoms with E-state index in [2.05, 4.69) is 32.7 Å². The van der Waals surface area contributed by atoms with Crippen LogP contribution >= 0.6 is 0 Å². The van der Waals surface area contributed by atoms with Gasteiger partial charge >= 0.3 is 0 Å². The van der Waals surface area contributed by atoms with Gasteiger partial charge in [0.2, 0.25) is 5.88 Å². The molecule has 5 rings (SSSR count). The van der Waals surface area contributed by atoms with Gasteiger partial charge in [-0.05, 0) is 66.6 Å². The number of hydrogen-bond acceptors (Lipinski definition) is 7. The number of hydrogen-bond donors (Lipinski definition) is 3. The van der Waals surface area contributed by atoms with E-state index in [0.29, 0.717) is 17.2 Å². The lowest BCUT2D eigenvalue weighted by Gasteiger charge is -2.25. The topological polar surface area (TPSA) is 118 Å². The number of carbonyl (C=O) groups is 1. The van der Waals surface area contributed by atoms with Gasteiger partial charge in [-0.2, -0.15) is 0 Å². The zero-order valence-corrected chi connectivity index (χ0v) is 19.9. The second-order valence-electron chi connectivity index (χ2n) is 9.07. The number of fused-ring (bicyclic) bond motifs is 2. The van der Waals surface area contributed by atoms with E-state index in [1.54, 1.807) is 24.4 Å². The Hall–Kier alpha value is -3.82. The molecule has 186 valence electrons. The molecule has 0 atom stereocenters. The van der Waals surface area contributed by atoms with Crippen LogP contribution in [-0.2, 0) is 13.1 Å². The van der Waals surface area contributed by atoms with Gasteiger partial charge in [-0.15, -0.1) is 0 Å². The monoisotopic (exact) mass is 487 g/mol. The van der Waals surface area contributed by atoms with E-state index in [-0.39, 0.29) is 31.0 Å². The normalized spacial score (nSPS) is 13.6. The third kappa shape index (κ3) is 5.37. The van der Waals surface area contributed by atoms with Crippen LogP contribution in [0, 0.1) is 5.92 Å². The van der Waals surface area contributed by atoms with E-state index < -0.39 is 5.91 Å². The molecule has 1 aromatic carbocycles. The zero-order chi connectivity index (χ0) is 24.9. The van der Waals surface area contributed by atoms with Crippen LogP contribution in [0.5, 0.6) is 5.88 Å². The molecule has 9 heteroatoms. The maximum Gasteiger partial charge on any atom is 0.270 e. The Morgan fingerprint density at radius 3 is 2.81 bits per heavy atom. The molecule has 9 nitrogen and oxygen atoms in total. The summed E-state index contributed by atoms with van der Waals surface area (Å²) in [6.45, 7) is 1.92. The molecule has 1 saturated carbocycles. The minimum absolute atomic E-state index is 0.0450. The Kier molecular flexibility index (Phi) is 7.20. The van der Waals surface area contributed by atoms with E-state index in [1.807, 2.05) is 12.1 Å².